The third-order valence-corrected chi connectivity index (χ3v) is 4.36. The summed E-state index contributed by atoms with van der Waals surface area (Å²) >= 11 is 6.27. The lowest BCUT2D eigenvalue weighted by molar-refractivity contribution is 0.349. The van der Waals surface area contributed by atoms with E-state index in [1.165, 1.54) is 17.5 Å². The summed E-state index contributed by atoms with van der Waals surface area (Å²) in [5.41, 5.74) is 2.73. The van der Waals surface area contributed by atoms with Gasteiger partial charge in [0.2, 0.25) is 5.89 Å². The van der Waals surface area contributed by atoms with E-state index in [1.54, 1.807) is 0 Å². The second kappa shape index (κ2) is 5.96. The van der Waals surface area contributed by atoms with E-state index in [0.717, 1.165) is 25.7 Å². The second-order valence-electron chi connectivity index (χ2n) is 5.39. The molecule has 2 atom stereocenters. The average Bonchev–Trinajstić information content (AvgIpc) is 2.97. The Hall–Kier alpha value is -1.35. The van der Waals surface area contributed by atoms with Crippen LogP contribution in [0.25, 0.3) is 0 Å². The predicted octanol–water partition coefficient (Wildman–Crippen LogP) is 4.62. The molecule has 0 N–H and O–H groups in total. The second-order valence-corrected chi connectivity index (χ2v) is 5.92. The lowest BCUT2D eigenvalue weighted by atomic mass is 9.83. The average molecular weight is 291 g/mol. The highest BCUT2D eigenvalue weighted by Gasteiger charge is 2.27. The number of nitrogens with zero attached hydrogens (tertiary/aromatic N) is 2. The van der Waals surface area contributed by atoms with Gasteiger partial charge in [0.15, 0.2) is 5.82 Å². The van der Waals surface area contributed by atoms with Gasteiger partial charge in [0.25, 0.3) is 0 Å². The van der Waals surface area contributed by atoms with Crippen LogP contribution in [0.3, 0.4) is 0 Å². The van der Waals surface area contributed by atoms with Crippen molar-refractivity contribution in [2.75, 3.05) is 0 Å². The van der Waals surface area contributed by atoms with Crippen LogP contribution < -0.4 is 0 Å². The first-order valence-corrected chi connectivity index (χ1v) is 7.78. The van der Waals surface area contributed by atoms with Crippen LogP contribution in [0.5, 0.6) is 0 Å². The van der Waals surface area contributed by atoms with E-state index < -0.39 is 0 Å². The first-order chi connectivity index (χ1) is 9.79. The van der Waals surface area contributed by atoms with Gasteiger partial charge in [0, 0.05) is 0 Å². The van der Waals surface area contributed by atoms with Gasteiger partial charge in [-0.05, 0) is 36.8 Å². The number of rotatable bonds is 4. The standard InChI is InChI=1S/C16H19ClN2O/c1-2-6-14(17)15-18-16(20-19-15)13-10-5-8-11-7-3-4-9-12(11)13/h3-4,7,9,13-14H,2,5-6,8,10H2,1H3. The fraction of sp³-hybridized carbons (Fsp3) is 0.500. The SMILES string of the molecule is CCCC(Cl)c1noc(C2CCCc3ccccc32)n1. The Balaban J connectivity index is 1.87. The third-order valence-electron chi connectivity index (χ3n) is 3.95. The number of hydrogen-bond donors (Lipinski definition) is 0. The first kappa shape index (κ1) is 13.6. The van der Waals surface area contributed by atoms with Crippen LogP contribution in [0.1, 0.15) is 66.7 Å². The highest BCUT2D eigenvalue weighted by Crippen LogP contribution is 2.36. The predicted molar refractivity (Wildman–Crippen MR) is 79.0 cm³/mol. The Morgan fingerprint density at radius 2 is 2.25 bits per heavy atom. The molecule has 0 radical (unpaired) electrons. The van der Waals surface area contributed by atoms with Gasteiger partial charge in [0.05, 0.1) is 11.3 Å². The maximum atomic E-state index is 6.27. The molecule has 4 heteroatoms. The van der Waals surface area contributed by atoms with E-state index in [0.29, 0.717) is 11.7 Å². The summed E-state index contributed by atoms with van der Waals surface area (Å²) in [6.07, 6.45) is 5.27. The van der Waals surface area contributed by atoms with Crippen LogP contribution in [0.2, 0.25) is 0 Å². The molecule has 1 aromatic carbocycles. The van der Waals surface area contributed by atoms with Gasteiger partial charge >= 0.3 is 0 Å². The monoisotopic (exact) mass is 290 g/mol. The highest BCUT2D eigenvalue weighted by molar-refractivity contribution is 6.20. The maximum absolute atomic E-state index is 6.27. The molecule has 2 aromatic rings. The number of aryl methyl sites for hydroxylation is 1. The third kappa shape index (κ3) is 2.59. The van der Waals surface area contributed by atoms with E-state index in [1.807, 2.05) is 0 Å². The number of hydrogen-bond acceptors (Lipinski definition) is 3. The van der Waals surface area contributed by atoms with Gasteiger partial charge < -0.3 is 4.52 Å². The molecule has 1 heterocycles. The van der Waals surface area contributed by atoms with Crippen LogP contribution in [0.4, 0.5) is 0 Å². The van der Waals surface area contributed by atoms with Gasteiger partial charge in [-0.15, -0.1) is 11.6 Å². The lowest BCUT2D eigenvalue weighted by Crippen LogP contribution is -2.11. The van der Waals surface area contributed by atoms with Crippen molar-refractivity contribution in [3.8, 4) is 0 Å². The zero-order valence-corrected chi connectivity index (χ0v) is 12.4. The van der Waals surface area contributed by atoms with E-state index in [-0.39, 0.29) is 11.3 Å². The molecule has 1 aromatic heterocycles. The maximum Gasteiger partial charge on any atom is 0.234 e. The van der Waals surface area contributed by atoms with Crippen molar-refractivity contribution in [1.29, 1.82) is 0 Å². The molecule has 0 saturated carbocycles. The Kier molecular flexibility index (Phi) is 4.06. The summed E-state index contributed by atoms with van der Waals surface area (Å²) in [5, 5.41) is 3.92. The van der Waals surface area contributed by atoms with E-state index in [4.69, 9.17) is 16.1 Å². The van der Waals surface area contributed by atoms with Crippen molar-refractivity contribution in [2.24, 2.45) is 0 Å². The van der Waals surface area contributed by atoms with Gasteiger partial charge in [-0.3, -0.25) is 0 Å². The van der Waals surface area contributed by atoms with Crippen LogP contribution in [0, 0.1) is 0 Å². The number of fused-ring (bicyclic) bond motifs is 1. The summed E-state index contributed by atoms with van der Waals surface area (Å²) < 4.78 is 5.48. The van der Waals surface area contributed by atoms with Gasteiger partial charge in [-0.2, -0.15) is 4.98 Å². The lowest BCUT2D eigenvalue weighted by Gasteiger charge is -2.22. The molecule has 0 saturated heterocycles. The molecule has 0 bridgehead atoms. The molecule has 20 heavy (non-hydrogen) atoms. The van der Waals surface area contributed by atoms with Gasteiger partial charge in [0.1, 0.15) is 0 Å². The van der Waals surface area contributed by atoms with Gasteiger partial charge in [-0.1, -0.05) is 42.8 Å². The molecule has 0 aliphatic heterocycles. The van der Waals surface area contributed by atoms with E-state index in [2.05, 4.69) is 41.3 Å². The molecule has 0 spiro atoms. The van der Waals surface area contributed by atoms with Crippen molar-refractivity contribution in [1.82, 2.24) is 10.1 Å². The normalized spacial score (nSPS) is 19.6. The molecule has 0 fully saturated rings. The largest absolute Gasteiger partial charge is 0.339 e. The number of benzene rings is 1. The minimum Gasteiger partial charge on any atom is -0.339 e. The molecule has 3 nitrogen and oxygen atoms in total. The van der Waals surface area contributed by atoms with Crippen LogP contribution in [-0.2, 0) is 6.42 Å². The summed E-state index contributed by atoms with van der Waals surface area (Å²) in [6, 6.07) is 8.54. The topological polar surface area (TPSA) is 38.9 Å². The molecule has 2 unspecified atom stereocenters. The summed E-state index contributed by atoms with van der Waals surface area (Å²) in [7, 11) is 0. The summed E-state index contributed by atoms with van der Waals surface area (Å²) in [4.78, 5) is 4.54. The smallest absolute Gasteiger partial charge is 0.234 e. The van der Waals surface area contributed by atoms with Crippen molar-refractivity contribution >= 4 is 11.6 Å². The molecule has 106 valence electrons. The van der Waals surface area contributed by atoms with E-state index in [9.17, 15) is 0 Å². The number of aromatic nitrogens is 2. The van der Waals surface area contributed by atoms with Crippen molar-refractivity contribution < 1.29 is 4.52 Å². The van der Waals surface area contributed by atoms with Crippen LogP contribution >= 0.6 is 11.6 Å². The molecule has 0 amide bonds. The summed E-state index contributed by atoms with van der Waals surface area (Å²) in [6.45, 7) is 2.10. The number of alkyl halides is 1. The molecule has 1 aliphatic rings. The van der Waals surface area contributed by atoms with E-state index >= 15 is 0 Å². The van der Waals surface area contributed by atoms with Crippen LogP contribution in [0.15, 0.2) is 28.8 Å². The molecule has 1 aliphatic carbocycles. The molecular formula is C16H19ClN2O. The van der Waals surface area contributed by atoms with Crippen molar-refractivity contribution in [3.05, 3.63) is 47.1 Å². The van der Waals surface area contributed by atoms with Crippen LogP contribution in [-0.4, -0.2) is 10.1 Å². The fourth-order valence-corrected chi connectivity index (χ4v) is 3.22. The fourth-order valence-electron chi connectivity index (χ4n) is 2.91. The van der Waals surface area contributed by atoms with Crippen molar-refractivity contribution in [3.63, 3.8) is 0 Å². The Morgan fingerprint density at radius 3 is 3.10 bits per heavy atom. The Bertz CT molecular complexity index is 581. The molecule has 3 rings (SSSR count). The Labute approximate surface area is 124 Å². The highest BCUT2D eigenvalue weighted by atomic mass is 35.5. The zero-order valence-electron chi connectivity index (χ0n) is 11.7. The Morgan fingerprint density at radius 1 is 1.40 bits per heavy atom. The zero-order chi connectivity index (χ0) is 13.9. The minimum absolute atomic E-state index is 0.142. The van der Waals surface area contributed by atoms with Gasteiger partial charge in [-0.25, -0.2) is 0 Å². The minimum atomic E-state index is -0.142. The van der Waals surface area contributed by atoms with Crippen molar-refractivity contribution in [2.45, 2.75) is 50.3 Å². The number of halogens is 1. The summed E-state index contributed by atoms with van der Waals surface area (Å²) in [5.74, 6) is 1.58. The molecular weight excluding hydrogens is 272 g/mol. The first-order valence-electron chi connectivity index (χ1n) is 7.35. The quantitative estimate of drug-likeness (QED) is 0.771.